The first-order valence-corrected chi connectivity index (χ1v) is 5.98. The van der Waals surface area contributed by atoms with E-state index in [1.165, 1.54) is 16.8 Å². The minimum Gasteiger partial charge on any atom is -0.350 e. The molecule has 0 aliphatic carbocycles. The Morgan fingerprint density at radius 3 is 2.94 bits per heavy atom. The van der Waals surface area contributed by atoms with Crippen molar-refractivity contribution in [3.8, 4) is 0 Å². The van der Waals surface area contributed by atoms with Crippen LogP contribution in [-0.4, -0.2) is 46.2 Å². The van der Waals surface area contributed by atoms with Gasteiger partial charge in [0, 0.05) is 6.04 Å². The molecule has 2 aromatic rings. The van der Waals surface area contributed by atoms with Crippen LogP contribution in [0.15, 0.2) is 18.3 Å². The summed E-state index contributed by atoms with van der Waals surface area (Å²) in [6.07, 6.45) is 2.31. The van der Waals surface area contributed by atoms with Crippen LogP contribution in [0, 0.1) is 5.82 Å². The van der Waals surface area contributed by atoms with Crippen molar-refractivity contribution in [2.24, 2.45) is 0 Å². The van der Waals surface area contributed by atoms with Gasteiger partial charge in [-0.2, -0.15) is 4.98 Å². The van der Waals surface area contributed by atoms with Gasteiger partial charge in [-0.25, -0.2) is 8.91 Å². The van der Waals surface area contributed by atoms with Crippen LogP contribution in [0.4, 0.5) is 10.3 Å². The fourth-order valence-electron chi connectivity index (χ4n) is 1.66. The van der Waals surface area contributed by atoms with Gasteiger partial charge in [0.15, 0.2) is 5.65 Å². The molecule has 0 spiro atoms. The maximum atomic E-state index is 13.0. The lowest BCUT2D eigenvalue weighted by Crippen LogP contribution is -2.23. The van der Waals surface area contributed by atoms with Crippen molar-refractivity contribution in [2.45, 2.75) is 19.4 Å². The van der Waals surface area contributed by atoms with Crippen LogP contribution in [0.25, 0.3) is 5.65 Å². The molecule has 2 aromatic heterocycles. The van der Waals surface area contributed by atoms with Crippen LogP contribution < -0.4 is 5.32 Å². The van der Waals surface area contributed by atoms with Crippen LogP contribution in [0.1, 0.15) is 13.3 Å². The van der Waals surface area contributed by atoms with Crippen molar-refractivity contribution >= 4 is 11.6 Å². The molecule has 1 atom stereocenters. The van der Waals surface area contributed by atoms with Crippen molar-refractivity contribution in [3.63, 3.8) is 0 Å². The molecule has 0 bridgehead atoms. The Bertz CT molecular complexity index is 522. The van der Waals surface area contributed by atoms with E-state index in [9.17, 15) is 4.39 Å². The lowest BCUT2D eigenvalue weighted by molar-refractivity contribution is 0.390. The van der Waals surface area contributed by atoms with Crippen LogP contribution in [0.5, 0.6) is 0 Å². The minimum absolute atomic E-state index is 0.273. The lowest BCUT2D eigenvalue weighted by Gasteiger charge is -2.15. The highest BCUT2D eigenvalue weighted by Crippen LogP contribution is 2.08. The first-order chi connectivity index (χ1) is 8.54. The van der Waals surface area contributed by atoms with E-state index in [0.29, 0.717) is 11.6 Å². The third-order valence-corrected chi connectivity index (χ3v) is 2.68. The van der Waals surface area contributed by atoms with E-state index < -0.39 is 0 Å². The number of fused-ring (bicyclic) bond motifs is 1. The van der Waals surface area contributed by atoms with Gasteiger partial charge in [-0.1, -0.05) is 0 Å². The second kappa shape index (κ2) is 5.30. The Hall–Kier alpha value is -1.69. The number of hydrogen-bond donors (Lipinski definition) is 1. The number of halogens is 1. The third-order valence-electron chi connectivity index (χ3n) is 2.68. The molecule has 0 fully saturated rings. The molecular weight excluding hydrogens is 233 g/mol. The summed E-state index contributed by atoms with van der Waals surface area (Å²) in [4.78, 5) is 6.41. The molecule has 0 radical (unpaired) electrons. The highest BCUT2D eigenvalue weighted by molar-refractivity contribution is 5.43. The molecule has 6 heteroatoms. The number of anilines is 1. The first kappa shape index (κ1) is 12.8. The number of rotatable bonds is 5. The zero-order valence-corrected chi connectivity index (χ0v) is 10.9. The van der Waals surface area contributed by atoms with Gasteiger partial charge in [-0.15, -0.1) is 5.10 Å². The quantitative estimate of drug-likeness (QED) is 0.877. The summed E-state index contributed by atoms with van der Waals surface area (Å²) < 4.78 is 14.4. The normalized spacial score (nSPS) is 13.2. The second-order valence-electron chi connectivity index (χ2n) is 4.72. The number of aromatic nitrogens is 3. The van der Waals surface area contributed by atoms with Crippen LogP contribution in [-0.2, 0) is 0 Å². The van der Waals surface area contributed by atoms with Gasteiger partial charge in [0.25, 0.3) is 0 Å². The SMILES string of the molecule is CC(CCN(C)C)Nc1nc2ccc(F)cn2n1. The molecule has 5 nitrogen and oxygen atoms in total. The molecule has 0 aromatic carbocycles. The maximum absolute atomic E-state index is 13.0. The van der Waals surface area contributed by atoms with Gasteiger partial charge in [0.1, 0.15) is 5.82 Å². The summed E-state index contributed by atoms with van der Waals surface area (Å²) in [5.74, 6) is 0.214. The van der Waals surface area contributed by atoms with E-state index in [4.69, 9.17) is 0 Å². The van der Waals surface area contributed by atoms with Crippen molar-refractivity contribution in [3.05, 3.63) is 24.1 Å². The summed E-state index contributed by atoms with van der Waals surface area (Å²) in [6.45, 7) is 3.08. The Labute approximate surface area is 106 Å². The number of nitrogens with one attached hydrogen (secondary N) is 1. The second-order valence-corrected chi connectivity index (χ2v) is 4.72. The smallest absolute Gasteiger partial charge is 0.243 e. The van der Waals surface area contributed by atoms with Crippen molar-refractivity contribution in [1.82, 2.24) is 19.5 Å². The van der Waals surface area contributed by atoms with Crippen molar-refractivity contribution in [2.75, 3.05) is 26.0 Å². The van der Waals surface area contributed by atoms with E-state index in [0.717, 1.165) is 13.0 Å². The van der Waals surface area contributed by atoms with Crippen LogP contribution >= 0.6 is 0 Å². The zero-order valence-electron chi connectivity index (χ0n) is 10.9. The summed E-state index contributed by atoms with van der Waals surface area (Å²) >= 11 is 0. The van der Waals surface area contributed by atoms with Gasteiger partial charge < -0.3 is 10.2 Å². The summed E-state index contributed by atoms with van der Waals surface area (Å²) in [6, 6.07) is 3.26. The monoisotopic (exact) mass is 251 g/mol. The average Bonchev–Trinajstić information content (AvgIpc) is 2.67. The zero-order chi connectivity index (χ0) is 13.1. The van der Waals surface area contributed by atoms with Gasteiger partial charge in [-0.3, -0.25) is 0 Å². The molecule has 2 heterocycles. The Balaban J connectivity index is 2.03. The molecule has 1 N–H and O–H groups in total. The van der Waals surface area contributed by atoms with Gasteiger partial charge >= 0.3 is 0 Å². The molecule has 0 saturated carbocycles. The Morgan fingerprint density at radius 1 is 1.44 bits per heavy atom. The van der Waals surface area contributed by atoms with E-state index in [2.05, 4.69) is 27.2 Å². The Kier molecular flexibility index (Phi) is 3.76. The molecular formula is C12H18FN5. The molecule has 98 valence electrons. The van der Waals surface area contributed by atoms with Crippen molar-refractivity contribution in [1.29, 1.82) is 0 Å². The minimum atomic E-state index is -0.320. The molecule has 1 unspecified atom stereocenters. The molecule has 2 rings (SSSR count). The largest absolute Gasteiger partial charge is 0.350 e. The summed E-state index contributed by atoms with van der Waals surface area (Å²) in [5, 5.41) is 7.40. The number of hydrogen-bond acceptors (Lipinski definition) is 4. The highest BCUT2D eigenvalue weighted by atomic mass is 19.1. The van der Waals surface area contributed by atoms with Gasteiger partial charge in [-0.05, 0) is 46.1 Å². The van der Waals surface area contributed by atoms with Gasteiger partial charge in [0.05, 0.1) is 6.20 Å². The van der Waals surface area contributed by atoms with Gasteiger partial charge in [0.2, 0.25) is 5.95 Å². The topological polar surface area (TPSA) is 45.5 Å². The molecule has 0 amide bonds. The van der Waals surface area contributed by atoms with E-state index >= 15 is 0 Å². The molecule has 0 aliphatic heterocycles. The number of nitrogens with zero attached hydrogens (tertiary/aromatic N) is 4. The molecule has 18 heavy (non-hydrogen) atoms. The first-order valence-electron chi connectivity index (χ1n) is 5.98. The predicted octanol–water partition coefficient (Wildman–Crippen LogP) is 1.62. The average molecular weight is 251 g/mol. The van der Waals surface area contributed by atoms with Crippen LogP contribution in [0.3, 0.4) is 0 Å². The van der Waals surface area contributed by atoms with Crippen molar-refractivity contribution < 1.29 is 4.39 Å². The van der Waals surface area contributed by atoms with E-state index in [-0.39, 0.29) is 11.9 Å². The standard InChI is InChI=1S/C12H18FN5/c1-9(6-7-17(2)3)14-12-15-11-5-4-10(13)8-18(11)16-12/h4-5,8-9H,6-7H2,1-3H3,(H,14,16). The summed E-state index contributed by atoms with van der Waals surface area (Å²) in [7, 11) is 4.08. The fourth-order valence-corrected chi connectivity index (χ4v) is 1.66. The Morgan fingerprint density at radius 2 is 2.22 bits per heavy atom. The predicted molar refractivity (Wildman–Crippen MR) is 69.2 cm³/mol. The highest BCUT2D eigenvalue weighted by Gasteiger charge is 2.08. The number of pyridine rings is 1. The summed E-state index contributed by atoms with van der Waals surface area (Å²) in [5.41, 5.74) is 0.638. The third kappa shape index (κ3) is 3.16. The fraction of sp³-hybridized carbons (Fsp3) is 0.500. The maximum Gasteiger partial charge on any atom is 0.243 e. The molecule has 0 aliphatic rings. The van der Waals surface area contributed by atoms with E-state index in [1.807, 2.05) is 14.1 Å². The van der Waals surface area contributed by atoms with Crippen LogP contribution in [0.2, 0.25) is 0 Å². The van der Waals surface area contributed by atoms with E-state index in [1.54, 1.807) is 6.07 Å². The lowest BCUT2D eigenvalue weighted by atomic mass is 10.2. The molecule has 0 saturated heterocycles.